The van der Waals surface area contributed by atoms with Crippen LogP contribution in [-0.2, 0) is 16.1 Å². The van der Waals surface area contributed by atoms with Gasteiger partial charge in [-0.1, -0.05) is 12.1 Å². The van der Waals surface area contributed by atoms with Gasteiger partial charge in [-0.25, -0.2) is 4.79 Å². The van der Waals surface area contributed by atoms with Gasteiger partial charge in [0.25, 0.3) is 5.69 Å². The van der Waals surface area contributed by atoms with Crippen molar-refractivity contribution in [1.29, 1.82) is 0 Å². The van der Waals surface area contributed by atoms with Crippen LogP contribution in [0.4, 0.5) is 5.69 Å². The van der Waals surface area contributed by atoms with E-state index in [0.29, 0.717) is 16.8 Å². The summed E-state index contributed by atoms with van der Waals surface area (Å²) in [5.41, 5.74) is 2.56. The van der Waals surface area contributed by atoms with E-state index in [4.69, 9.17) is 4.74 Å². The molecule has 0 N–H and O–H groups in total. The van der Waals surface area contributed by atoms with Gasteiger partial charge in [0, 0.05) is 30.6 Å². The fourth-order valence-corrected chi connectivity index (χ4v) is 3.04. The van der Waals surface area contributed by atoms with Crippen molar-refractivity contribution in [2.24, 2.45) is 0 Å². The molecule has 0 spiro atoms. The van der Waals surface area contributed by atoms with Crippen LogP contribution in [0.2, 0.25) is 0 Å². The van der Waals surface area contributed by atoms with Gasteiger partial charge in [-0.3, -0.25) is 14.9 Å². The Labute approximate surface area is 163 Å². The Morgan fingerprint density at radius 1 is 1.29 bits per heavy atom. The molecule has 150 valence electrons. The second kappa shape index (κ2) is 8.69. The number of ether oxygens (including phenoxy) is 1. The number of benzene rings is 1. The highest BCUT2D eigenvalue weighted by molar-refractivity contribution is 5.91. The Bertz CT molecular complexity index is 903. The van der Waals surface area contributed by atoms with Gasteiger partial charge in [0.2, 0.25) is 5.91 Å². The highest BCUT2D eigenvalue weighted by Crippen LogP contribution is 2.24. The first kappa shape index (κ1) is 21.1. The van der Waals surface area contributed by atoms with E-state index in [1.54, 1.807) is 48.6 Å². The molecule has 1 amide bonds. The fraction of sp³-hybridized carbons (Fsp3) is 0.400. The van der Waals surface area contributed by atoms with Crippen LogP contribution in [0.25, 0.3) is 0 Å². The van der Waals surface area contributed by atoms with Gasteiger partial charge in [-0.05, 0) is 39.3 Å². The number of aromatic nitrogens is 1. The predicted molar refractivity (Wildman–Crippen MR) is 104 cm³/mol. The van der Waals surface area contributed by atoms with E-state index in [-0.39, 0.29) is 30.8 Å². The molecule has 2 rings (SSSR count). The summed E-state index contributed by atoms with van der Waals surface area (Å²) >= 11 is 0. The van der Waals surface area contributed by atoms with Crippen LogP contribution < -0.4 is 0 Å². The van der Waals surface area contributed by atoms with Gasteiger partial charge in [0.1, 0.15) is 6.54 Å². The fourth-order valence-electron chi connectivity index (χ4n) is 3.04. The number of likely N-dealkylation sites (N-methyl/N-ethyl adjacent to an activating group) is 1. The van der Waals surface area contributed by atoms with Crippen molar-refractivity contribution in [2.75, 3.05) is 13.7 Å². The first-order valence-corrected chi connectivity index (χ1v) is 9.01. The third-order valence-corrected chi connectivity index (χ3v) is 4.90. The molecule has 0 radical (unpaired) electrons. The zero-order valence-corrected chi connectivity index (χ0v) is 16.8. The molecule has 28 heavy (non-hydrogen) atoms. The summed E-state index contributed by atoms with van der Waals surface area (Å²) in [5.74, 6) is -0.580. The lowest BCUT2D eigenvalue weighted by atomic mass is 10.1. The quantitative estimate of drug-likeness (QED) is 0.412. The molecule has 1 atom stereocenters. The average molecular weight is 387 g/mol. The molecule has 0 bridgehead atoms. The van der Waals surface area contributed by atoms with Crippen LogP contribution in [0.1, 0.15) is 47.2 Å². The van der Waals surface area contributed by atoms with E-state index in [1.807, 2.05) is 13.8 Å². The highest BCUT2D eigenvalue weighted by Gasteiger charge is 2.22. The van der Waals surface area contributed by atoms with Crippen LogP contribution in [0, 0.1) is 24.0 Å². The number of hydrogen-bond acceptors (Lipinski definition) is 5. The van der Waals surface area contributed by atoms with Crippen LogP contribution in [0.3, 0.4) is 0 Å². The number of carbonyl (C=O) groups is 2. The molecular weight excluding hydrogens is 362 g/mol. The number of hydrogen-bond donors (Lipinski definition) is 0. The largest absolute Gasteiger partial charge is 0.462 e. The van der Waals surface area contributed by atoms with Crippen LogP contribution in [0.5, 0.6) is 0 Å². The minimum Gasteiger partial charge on any atom is -0.462 e. The second-order valence-corrected chi connectivity index (χ2v) is 6.62. The molecule has 0 saturated heterocycles. The minimum absolute atomic E-state index is 0.0126. The average Bonchev–Trinajstić information content (AvgIpc) is 2.95. The van der Waals surface area contributed by atoms with E-state index < -0.39 is 10.9 Å². The van der Waals surface area contributed by atoms with Crippen molar-refractivity contribution in [2.45, 2.75) is 40.3 Å². The Morgan fingerprint density at radius 2 is 1.96 bits per heavy atom. The topological polar surface area (TPSA) is 94.7 Å². The number of nitro groups is 1. The molecule has 0 fully saturated rings. The van der Waals surface area contributed by atoms with E-state index in [1.165, 1.54) is 12.1 Å². The van der Waals surface area contributed by atoms with E-state index in [9.17, 15) is 19.7 Å². The number of non-ortho nitro benzene ring substituents is 1. The molecule has 8 nitrogen and oxygen atoms in total. The molecule has 1 heterocycles. The molecule has 0 aliphatic rings. The van der Waals surface area contributed by atoms with Crippen molar-refractivity contribution in [3.8, 4) is 0 Å². The monoisotopic (exact) mass is 387 g/mol. The van der Waals surface area contributed by atoms with Crippen LogP contribution >= 0.6 is 0 Å². The smallest absolute Gasteiger partial charge is 0.339 e. The first-order chi connectivity index (χ1) is 13.2. The molecule has 0 saturated carbocycles. The Hall–Kier alpha value is -3.16. The number of aryl methyl sites for hydroxylation is 1. The van der Waals surface area contributed by atoms with Gasteiger partial charge in [0.05, 0.1) is 23.1 Å². The molecule has 0 aliphatic carbocycles. The van der Waals surface area contributed by atoms with Gasteiger partial charge in [-0.2, -0.15) is 0 Å². The Kier molecular flexibility index (Phi) is 6.56. The second-order valence-electron chi connectivity index (χ2n) is 6.62. The van der Waals surface area contributed by atoms with Crippen molar-refractivity contribution >= 4 is 17.6 Å². The van der Waals surface area contributed by atoms with Crippen LogP contribution in [0.15, 0.2) is 30.3 Å². The summed E-state index contributed by atoms with van der Waals surface area (Å²) in [6.07, 6.45) is 0. The van der Waals surface area contributed by atoms with E-state index in [2.05, 4.69) is 0 Å². The number of nitrogens with zero attached hydrogens (tertiary/aromatic N) is 3. The van der Waals surface area contributed by atoms with E-state index in [0.717, 1.165) is 5.69 Å². The number of rotatable bonds is 7. The zero-order valence-electron chi connectivity index (χ0n) is 16.8. The normalized spacial score (nSPS) is 11.8. The SMILES string of the molecule is CCOC(=O)c1cc(C)n(CC(=O)N(C)[C@H](C)c2cccc([N+](=O)[O-])c2)c1C. The zero-order chi connectivity index (χ0) is 21.0. The molecule has 8 heteroatoms. The van der Waals surface area contributed by atoms with Crippen molar-refractivity contribution < 1.29 is 19.2 Å². The number of amides is 1. The standard InChI is InChI=1S/C20H25N3O5/c1-6-28-20(25)18-10-13(2)22(15(18)4)12-19(24)21(5)14(3)16-8-7-9-17(11-16)23(26)27/h7-11,14H,6,12H2,1-5H3/t14-/m1/s1. The maximum absolute atomic E-state index is 12.8. The van der Waals surface area contributed by atoms with Crippen molar-refractivity contribution in [1.82, 2.24) is 9.47 Å². The molecular formula is C20H25N3O5. The summed E-state index contributed by atoms with van der Waals surface area (Å²) in [6.45, 7) is 7.50. The van der Waals surface area contributed by atoms with Crippen molar-refractivity contribution in [3.05, 3.63) is 63.0 Å². The minimum atomic E-state index is -0.457. The van der Waals surface area contributed by atoms with Gasteiger partial charge >= 0.3 is 5.97 Å². The lowest BCUT2D eigenvalue weighted by Gasteiger charge is -2.26. The number of nitro benzene ring substituents is 1. The Morgan fingerprint density at radius 3 is 2.57 bits per heavy atom. The van der Waals surface area contributed by atoms with Gasteiger partial charge in [-0.15, -0.1) is 0 Å². The number of esters is 1. The van der Waals surface area contributed by atoms with Gasteiger partial charge < -0.3 is 14.2 Å². The summed E-state index contributed by atoms with van der Waals surface area (Å²) in [6, 6.07) is 7.62. The third-order valence-electron chi connectivity index (χ3n) is 4.90. The van der Waals surface area contributed by atoms with Crippen molar-refractivity contribution in [3.63, 3.8) is 0 Å². The summed E-state index contributed by atoms with van der Waals surface area (Å²) < 4.78 is 6.82. The summed E-state index contributed by atoms with van der Waals surface area (Å²) in [5, 5.41) is 11.0. The highest BCUT2D eigenvalue weighted by atomic mass is 16.6. The molecule has 0 unspecified atom stereocenters. The molecule has 1 aromatic heterocycles. The lowest BCUT2D eigenvalue weighted by Crippen LogP contribution is -2.33. The summed E-state index contributed by atoms with van der Waals surface area (Å²) in [7, 11) is 1.66. The maximum atomic E-state index is 12.8. The Balaban J connectivity index is 2.19. The van der Waals surface area contributed by atoms with Gasteiger partial charge in [0.15, 0.2) is 0 Å². The lowest BCUT2D eigenvalue weighted by molar-refractivity contribution is -0.384. The molecule has 0 aliphatic heterocycles. The van der Waals surface area contributed by atoms with Crippen LogP contribution in [-0.4, -0.2) is 39.9 Å². The first-order valence-electron chi connectivity index (χ1n) is 9.01. The maximum Gasteiger partial charge on any atom is 0.339 e. The third kappa shape index (κ3) is 4.39. The summed E-state index contributed by atoms with van der Waals surface area (Å²) in [4.78, 5) is 36.9. The van der Waals surface area contributed by atoms with E-state index >= 15 is 0 Å². The molecule has 1 aromatic carbocycles. The molecule has 2 aromatic rings. The predicted octanol–water partition coefficient (Wildman–Crippen LogP) is 3.41. The number of carbonyl (C=O) groups excluding carboxylic acids is 2.